The maximum atomic E-state index is 6.15. The summed E-state index contributed by atoms with van der Waals surface area (Å²) in [5.74, 6) is 3.04. The lowest BCUT2D eigenvalue weighted by Crippen LogP contribution is -2.20. The van der Waals surface area contributed by atoms with Gasteiger partial charge in [0.25, 0.3) is 0 Å². The van der Waals surface area contributed by atoms with Crippen LogP contribution in [0.5, 0.6) is 17.2 Å². The molecule has 0 aliphatic carbocycles. The van der Waals surface area contributed by atoms with Gasteiger partial charge >= 0.3 is 0 Å². The van der Waals surface area contributed by atoms with Crippen molar-refractivity contribution in [2.75, 3.05) is 13.2 Å². The zero-order valence-corrected chi connectivity index (χ0v) is 15.0. The second kappa shape index (κ2) is 6.60. The van der Waals surface area contributed by atoms with Crippen LogP contribution in [0, 0.1) is 0 Å². The third-order valence-corrected chi connectivity index (χ3v) is 4.79. The molecule has 0 fully saturated rings. The van der Waals surface area contributed by atoms with Gasteiger partial charge < -0.3 is 18.9 Å². The van der Waals surface area contributed by atoms with Crippen LogP contribution in [-0.2, 0) is 11.2 Å². The van der Waals surface area contributed by atoms with E-state index in [2.05, 4.69) is 32.0 Å². The van der Waals surface area contributed by atoms with E-state index in [9.17, 15) is 0 Å². The Balaban J connectivity index is 1.44. The summed E-state index contributed by atoms with van der Waals surface area (Å²) in [6, 6.07) is 12.4. The molecule has 2 atom stereocenters. The quantitative estimate of drug-likeness (QED) is 0.814. The number of fused-ring (bicyclic) bond motifs is 2. The second-order valence-electron chi connectivity index (χ2n) is 6.95. The van der Waals surface area contributed by atoms with Gasteiger partial charge in [-0.05, 0) is 42.2 Å². The van der Waals surface area contributed by atoms with Gasteiger partial charge in [0.15, 0.2) is 11.5 Å². The van der Waals surface area contributed by atoms with Crippen LogP contribution in [0.4, 0.5) is 0 Å². The van der Waals surface area contributed by atoms with E-state index in [1.165, 1.54) is 11.1 Å². The van der Waals surface area contributed by atoms with E-state index in [1.54, 1.807) is 0 Å². The third-order valence-electron chi connectivity index (χ3n) is 4.79. The molecule has 4 heteroatoms. The largest absolute Gasteiger partial charge is 0.486 e. The minimum atomic E-state index is -0.249. The second-order valence-corrected chi connectivity index (χ2v) is 6.95. The van der Waals surface area contributed by atoms with Crippen molar-refractivity contribution in [1.82, 2.24) is 0 Å². The Kier molecular flexibility index (Phi) is 4.30. The van der Waals surface area contributed by atoms with Crippen LogP contribution in [0.3, 0.4) is 0 Å². The van der Waals surface area contributed by atoms with Crippen molar-refractivity contribution in [1.29, 1.82) is 0 Å². The zero-order chi connectivity index (χ0) is 17.4. The van der Waals surface area contributed by atoms with Gasteiger partial charge in [0, 0.05) is 12.0 Å². The molecule has 2 aliphatic rings. The predicted octanol–water partition coefficient (Wildman–Crippen LogP) is 4.62. The highest BCUT2D eigenvalue weighted by Crippen LogP contribution is 2.36. The van der Waals surface area contributed by atoms with E-state index >= 15 is 0 Å². The summed E-state index contributed by atoms with van der Waals surface area (Å²) in [6.07, 6.45) is 0.449. The molecular formula is C21H24O4. The summed E-state index contributed by atoms with van der Waals surface area (Å²) in [6.45, 7) is 7.64. The highest BCUT2D eigenvalue weighted by Gasteiger charge is 2.26. The SMILES string of the molecule is CC(C)c1ccc2c(c1)CC(OC(C)c1ccc3c(c1)OCCO3)O2. The Morgan fingerprint density at radius 1 is 0.880 bits per heavy atom. The van der Waals surface area contributed by atoms with E-state index in [4.69, 9.17) is 18.9 Å². The number of rotatable bonds is 4. The van der Waals surface area contributed by atoms with Crippen LogP contribution in [-0.4, -0.2) is 19.5 Å². The first kappa shape index (κ1) is 16.3. The fourth-order valence-electron chi connectivity index (χ4n) is 3.29. The van der Waals surface area contributed by atoms with Crippen LogP contribution in [0.15, 0.2) is 36.4 Å². The molecule has 132 valence electrons. The molecule has 0 aromatic heterocycles. The third kappa shape index (κ3) is 3.31. The van der Waals surface area contributed by atoms with Crippen molar-refractivity contribution >= 4 is 0 Å². The summed E-state index contributed by atoms with van der Waals surface area (Å²) in [5.41, 5.74) is 3.63. The summed E-state index contributed by atoms with van der Waals surface area (Å²) < 4.78 is 23.4. The highest BCUT2D eigenvalue weighted by molar-refractivity contribution is 5.44. The monoisotopic (exact) mass is 340 g/mol. The van der Waals surface area contributed by atoms with Gasteiger partial charge in [-0.25, -0.2) is 0 Å². The normalized spacial score (nSPS) is 19.4. The lowest BCUT2D eigenvalue weighted by Gasteiger charge is -2.22. The lowest BCUT2D eigenvalue weighted by molar-refractivity contribution is -0.103. The summed E-state index contributed by atoms with van der Waals surface area (Å²) in [5, 5.41) is 0. The maximum absolute atomic E-state index is 6.15. The number of benzene rings is 2. The van der Waals surface area contributed by atoms with Gasteiger partial charge in [-0.1, -0.05) is 32.0 Å². The minimum absolute atomic E-state index is 0.0836. The Morgan fingerprint density at radius 3 is 2.40 bits per heavy atom. The fraction of sp³-hybridized carbons (Fsp3) is 0.429. The predicted molar refractivity (Wildman–Crippen MR) is 95.6 cm³/mol. The lowest BCUT2D eigenvalue weighted by atomic mass is 10.00. The Bertz CT molecular complexity index is 768. The average Bonchev–Trinajstić information content (AvgIpc) is 3.02. The molecule has 0 amide bonds. The molecule has 25 heavy (non-hydrogen) atoms. The Hall–Kier alpha value is -2.20. The highest BCUT2D eigenvalue weighted by atomic mass is 16.7. The van der Waals surface area contributed by atoms with Crippen molar-refractivity contribution < 1.29 is 18.9 Å². The molecule has 0 spiro atoms. The molecule has 0 bridgehead atoms. The number of hydrogen-bond acceptors (Lipinski definition) is 4. The van der Waals surface area contributed by atoms with Crippen LogP contribution in [0.25, 0.3) is 0 Å². The smallest absolute Gasteiger partial charge is 0.204 e. The molecule has 4 nitrogen and oxygen atoms in total. The Labute approximate surface area is 148 Å². The molecule has 2 aromatic rings. The van der Waals surface area contributed by atoms with Gasteiger partial charge in [0.2, 0.25) is 6.29 Å². The molecule has 2 aromatic carbocycles. The average molecular weight is 340 g/mol. The maximum Gasteiger partial charge on any atom is 0.204 e. The summed E-state index contributed by atoms with van der Waals surface area (Å²) >= 11 is 0. The molecule has 2 unspecified atom stereocenters. The van der Waals surface area contributed by atoms with Gasteiger partial charge in [-0.3, -0.25) is 0 Å². The van der Waals surface area contributed by atoms with Gasteiger partial charge in [-0.15, -0.1) is 0 Å². The molecule has 0 N–H and O–H groups in total. The molecule has 2 heterocycles. The Morgan fingerprint density at radius 2 is 1.60 bits per heavy atom. The van der Waals surface area contributed by atoms with Crippen molar-refractivity contribution in [3.05, 3.63) is 53.1 Å². The van der Waals surface area contributed by atoms with E-state index in [0.29, 0.717) is 19.1 Å². The van der Waals surface area contributed by atoms with Crippen LogP contribution in [0.1, 0.15) is 49.5 Å². The van der Waals surface area contributed by atoms with Crippen LogP contribution >= 0.6 is 0 Å². The standard InChI is InChI=1S/C21H24O4/c1-13(2)15-4-6-18-17(10-15)12-21(25-18)24-14(3)16-5-7-19-20(11-16)23-9-8-22-19/h4-7,10-11,13-14,21H,8-9,12H2,1-3H3. The minimum Gasteiger partial charge on any atom is -0.486 e. The molecule has 0 radical (unpaired) electrons. The molecule has 4 rings (SSSR count). The van der Waals surface area contributed by atoms with Crippen LogP contribution < -0.4 is 14.2 Å². The van der Waals surface area contributed by atoms with E-state index in [0.717, 1.165) is 29.2 Å². The fourth-order valence-corrected chi connectivity index (χ4v) is 3.29. The van der Waals surface area contributed by atoms with Crippen molar-refractivity contribution in [3.63, 3.8) is 0 Å². The van der Waals surface area contributed by atoms with Crippen molar-refractivity contribution in [3.8, 4) is 17.2 Å². The first-order valence-electron chi connectivity index (χ1n) is 8.94. The first-order valence-corrected chi connectivity index (χ1v) is 8.94. The van der Waals surface area contributed by atoms with E-state index < -0.39 is 0 Å². The van der Waals surface area contributed by atoms with Crippen LogP contribution in [0.2, 0.25) is 0 Å². The van der Waals surface area contributed by atoms with Gasteiger partial charge in [-0.2, -0.15) is 0 Å². The molecular weight excluding hydrogens is 316 g/mol. The van der Waals surface area contributed by atoms with E-state index in [1.807, 2.05) is 25.1 Å². The summed E-state index contributed by atoms with van der Waals surface area (Å²) in [7, 11) is 0. The topological polar surface area (TPSA) is 36.9 Å². The van der Waals surface area contributed by atoms with Crippen molar-refractivity contribution in [2.24, 2.45) is 0 Å². The molecule has 0 saturated carbocycles. The molecule has 2 aliphatic heterocycles. The van der Waals surface area contributed by atoms with Crippen molar-refractivity contribution in [2.45, 2.75) is 45.5 Å². The zero-order valence-electron chi connectivity index (χ0n) is 15.0. The first-order chi connectivity index (χ1) is 12.1. The molecule has 0 saturated heterocycles. The number of ether oxygens (including phenoxy) is 4. The van der Waals surface area contributed by atoms with Gasteiger partial charge in [0.05, 0.1) is 6.10 Å². The number of hydrogen-bond donors (Lipinski definition) is 0. The summed E-state index contributed by atoms with van der Waals surface area (Å²) in [4.78, 5) is 0. The van der Waals surface area contributed by atoms with E-state index in [-0.39, 0.29) is 12.4 Å². The van der Waals surface area contributed by atoms with Gasteiger partial charge in [0.1, 0.15) is 19.0 Å².